The van der Waals surface area contributed by atoms with Crippen molar-refractivity contribution in [3.63, 3.8) is 0 Å². The van der Waals surface area contributed by atoms with Crippen molar-refractivity contribution in [3.05, 3.63) is 28.2 Å². The van der Waals surface area contributed by atoms with Gasteiger partial charge in [0.05, 0.1) is 0 Å². The van der Waals surface area contributed by atoms with Crippen molar-refractivity contribution in [3.8, 4) is 0 Å². The second-order valence-corrected chi connectivity index (χ2v) is 3.47. The monoisotopic (exact) mass is 180 g/mol. The van der Waals surface area contributed by atoms with Crippen LogP contribution in [0.2, 0.25) is 0 Å². The molecule has 0 saturated carbocycles. The van der Waals surface area contributed by atoms with Gasteiger partial charge in [0.15, 0.2) is 0 Å². The second kappa shape index (κ2) is 4.21. The van der Waals surface area contributed by atoms with Gasteiger partial charge in [-0.3, -0.25) is 4.79 Å². The molecule has 0 saturated heterocycles. The standard InChI is InChI=1S/C10H16N2O/c1-4-7-12-10(13)9(8(2)3)5-6-11-12/h5-6,8H,4,7H2,1-3H3. The van der Waals surface area contributed by atoms with Crippen LogP contribution in [-0.2, 0) is 6.54 Å². The Morgan fingerprint density at radius 2 is 2.23 bits per heavy atom. The first kappa shape index (κ1) is 9.96. The lowest BCUT2D eigenvalue weighted by atomic mass is 10.1. The minimum Gasteiger partial charge on any atom is -0.267 e. The first-order valence-electron chi connectivity index (χ1n) is 4.72. The van der Waals surface area contributed by atoms with Crippen LogP contribution in [0.15, 0.2) is 17.1 Å². The molecule has 0 atom stereocenters. The topological polar surface area (TPSA) is 34.9 Å². The lowest BCUT2D eigenvalue weighted by molar-refractivity contribution is 0.557. The summed E-state index contributed by atoms with van der Waals surface area (Å²) in [7, 11) is 0. The minimum absolute atomic E-state index is 0.0550. The lowest BCUT2D eigenvalue weighted by Crippen LogP contribution is -2.26. The Morgan fingerprint density at radius 3 is 2.77 bits per heavy atom. The molecular formula is C10H16N2O. The van der Waals surface area contributed by atoms with Crippen LogP contribution in [0, 0.1) is 0 Å². The fourth-order valence-corrected chi connectivity index (χ4v) is 1.28. The Morgan fingerprint density at radius 1 is 1.54 bits per heavy atom. The molecule has 1 heterocycles. The van der Waals surface area contributed by atoms with Gasteiger partial charge in [-0.1, -0.05) is 20.8 Å². The summed E-state index contributed by atoms with van der Waals surface area (Å²) in [6.07, 6.45) is 2.64. The van der Waals surface area contributed by atoms with E-state index in [0.717, 1.165) is 12.0 Å². The van der Waals surface area contributed by atoms with E-state index in [-0.39, 0.29) is 11.5 Å². The van der Waals surface area contributed by atoms with Crippen molar-refractivity contribution >= 4 is 0 Å². The highest BCUT2D eigenvalue weighted by Gasteiger charge is 2.06. The third-order valence-electron chi connectivity index (χ3n) is 2.00. The highest BCUT2D eigenvalue weighted by Crippen LogP contribution is 2.06. The molecule has 0 N–H and O–H groups in total. The van der Waals surface area contributed by atoms with Crippen molar-refractivity contribution in [1.82, 2.24) is 9.78 Å². The van der Waals surface area contributed by atoms with Crippen LogP contribution in [0.25, 0.3) is 0 Å². The first-order chi connectivity index (χ1) is 6.16. The smallest absolute Gasteiger partial charge is 0.267 e. The van der Waals surface area contributed by atoms with Crippen LogP contribution in [0.4, 0.5) is 0 Å². The lowest BCUT2D eigenvalue weighted by Gasteiger charge is -2.07. The van der Waals surface area contributed by atoms with E-state index in [0.29, 0.717) is 6.54 Å². The first-order valence-corrected chi connectivity index (χ1v) is 4.72. The van der Waals surface area contributed by atoms with Gasteiger partial charge in [0.25, 0.3) is 5.56 Å². The quantitative estimate of drug-likeness (QED) is 0.710. The van der Waals surface area contributed by atoms with Crippen molar-refractivity contribution in [1.29, 1.82) is 0 Å². The average Bonchev–Trinajstić information content (AvgIpc) is 2.08. The summed E-state index contributed by atoms with van der Waals surface area (Å²) in [5.41, 5.74) is 0.905. The van der Waals surface area contributed by atoms with E-state index in [2.05, 4.69) is 5.10 Å². The van der Waals surface area contributed by atoms with Crippen LogP contribution >= 0.6 is 0 Å². The molecule has 0 spiro atoms. The Balaban J connectivity index is 3.11. The molecule has 0 aliphatic carbocycles. The van der Waals surface area contributed by atoms with Gasteiger partial charge in [0, 0.05) is 18.3 Å². The van der Waals surface area contributed by atoms with Crippen LogP contribution in [0.1, 0.15) is 38.7 Å². The highest BCUT2D eigenvalue weighted by molar-refractivity contribution is 5.11. The molecule has 0 aliphatic rings. The molecule has 1 rings (SSSR count). The number of hydrogen-bond acceptors (Lipinski definition) is 2. The van der Waals surface area contributed by atoms with E-state index in [9.17, 15) is 4.79 Å². The van der Waals surface area contributed by atoms with Gasteiger partial charge in [-0.05, 0) is 18.4 Å². The number of hydrogen-bond donors (Lipinski definition) is 0. The maximum absolute atomic E-state index is 11.7. The molecule has 0 amide bonds. The minimum atomic E-state index is 0.0550. The van der Waals surface area contributed by atoms with E-state index in [1.807, 2.05) is 20.8 Å². The summed E-state index contributed by atoms with van der Waals surface area (Å²) in [5, 5.41) is 4.02. The third-order valence-corrected chi connectivity index (χ3v) is 2.00. The maximum Gasteiger partial charge on any atom is 0.270 e. The zero-order valence-corrected chi connectivity index (χ0v) is 8.45. The van der Waals surface area contributed by atoms with Crippen molar-refractivity contribution in [2.45, 2.75) is 39.7 Å². The summed E-state index contributed by atoms with van der Waals surface area (Å²) in [5.74, 6) is 0.276. The van der Waals surface area contributed by atoms with Gasteiger partial charge >= 0.3 is 0 Å². The van der Waals surface area contributed by atoms with Crippen LogP contribution < -0.4 is 5.56 Å². The van der Waals surface area contributed by atoms with Crippen LogP contribution in [0.3, 0.4) is 0 Å². The molecular weight excluding hydrogens is 164 g/mol. The zero-order valence-electron chi connectivity index (χ0n) is 8.45. The van der Waals surface area contributed by atoms with Gasteiger partial charge in [-0.25, -0.2) is 4.68 Å². The molecule has 3 heteroatoms. The fourth-order valence-electron chi connectivity index (χ4n) is 1.28. The van der Waals surface area contributed by atoms with E-state index < -0.39 is 0 Å². The number of aryl methyl sites for hydroxylation is 1. The van der Waals surface area contributed by atoms with Gasteiger partial charge in [-0.15, -0.1) is 0 Å². The number of rotatable bonds is 3. The molecule has 0 aromatic carbocycles. The molecule has 0 unspecified atom stereocenters. The van der Waals surface area contributed by atoms with E-state index in [1.165, 1.54) is 4.68 Å². The van der Waals surface area contributed by atoms with Crippen molar-refractivity contribution in [2.75, 3.05) is 0 Å². The predicted octanol–water partition coefficient (Wildman–Crippen LogP) is 1.78. The number of nitrogens with zero attached hydrogens (tertiary/aromatic N) is 2. The largest absolute Gasteiger partial charge is 0.270 e. The van der Waals surface area contributed by atoms with Crippen molar-refractivity contribution < 1.29 is 0 Å². The summed E-state index contributed by atoms with van der Waals surface area (Å²) in [4.78, 5) is 11.7. The molecule has 0 aliphatic heterocycles. The Hall–Kier alpha value is -1.12. The third kappa shape index (κ3) is 2.17. The molecule has 0 radical (unpaired) electrons. The van der Waals surface area contributed by atoms with E-state index in [4.69, 9.17) is 0 Å². The van der Waals surface area contributed by atoms with Gasteiger partial charge in [0.1, 0.15) is 0 Å². The zero-order chi connectivity index (χ0) is 9.84. The summed E-state index contributed by atoms with van der Waals surface area (Å²) in [6.45, 7) is 6.79. The maximum atomic E-state index is 11.7. The second-order valence-electron chi connectivity index (χ2n) is 3.47. The molecule has 1 aromatic heterocycles. The molecule has 72 valence electrons. The van der Waals surface area contributed by atoms with Crippen LogP contribution in [-0.4, -0.2) is 9.78 Å². The van der Waals surface area contributed by atoms with Crippen LogP contribution in [0.5, 0.6) is 0 Å². The average molecular weight is 180 g/mol. The predicted molar refractivity (Wildman–Crippen MR) is 52.9 cm³/mol. The highest BCUT2D eigenvalue weighted by atomic mass is 16.1. The molecule has 0 fully saturated rings. The summed E-state index contributed by atoms with van der Waals surface area (Å²) in [6, 6.07) is 1.80. The summed E-state index contributed by atoms with van der Waals surface area (Å²) >= 11 is 0. The molecule has 13 heavy (non-hydrogen) atoms. The van der Waals surface area contributed by atoms with Gasteiger partial charge in [0.2, 0.25) is 0 Å². The van der Waals surface area contributed by atoms with Crippen molar-refractivity contribution in [2.24, 2.45) is 0 Å². The van der Waals surface area contributed by atoms with E-state index in [1.54, 1.807) is 12.3 Å². The SMILES string of the molecule is CCCn1nccc(C(C)C)c1=O. The number of aromatic nitrogens is 2. The Kier molecular flexibility index (Phi) is 3.23. The van der Waals surface area contributed by atoms with Gasteiger partial charge < -0.3 is 0 Å². The Labute approximate surface area is 78.4 Å². The molecule has 3 nitrogen and oxygen atoms in total. The molecule has 0 bridgehead atoms. The molecule has 1 aromatic rings. The normalized spacial score (nSPS) is 10.8. The summed E-state index contributed by atoms with van der Waals surface area (Å²) < 4.78 is 1.54. The van der Waals surface area contributed by atoms with E-state index >= 15 is 0 Å². The van der Waals surface area contributed by atoms with Gasteiger partial charge in [-0.2, -0.15) is 5.10 Å². The Bertz CT molecular complexity index is 328. The fraction of sp³-hybridized carbons (Fsp3) is 0.600.